The first kappa shape index (κ1) is 22.7. The summed E-state index contributed by atoms with van der Waals surface area (Å²) in [5, 5.41) is 3.22. The molecular formula is C29H29N3O3. The summed E-state index contributed by atoms with van der Waals surface area (Å²) in [5.41, 5.74) is 3.60. The zero-order valence-electron chi connectivity index (χ0n) is 19.9. The number of rotatable bonds is 7. The first-order valence-electron chi connectivity index (χ1n) is 12.2. The Kier molecular flexibility index (Phi) is 6.53. The molecule has 178 valence electrons. The highest BCUT2D eigenvalue weighted by molar-refractivity contribution is 6.46. The van der Waals surface area contributed by atoms with Crippen molar-refractivity contribution >= 4 is 34.4 Å². The van der Waals surface area contributed by atoms with Crippen LogP contribution in [0.25, 0.3) is 5.57 Å². The number of anilines is 3. The van der Waals surface area contributed by atoms with Crippen LogP contribution in [-0.4, -0.2) is 31.5 Å². The summed E-state index contributed by atoms with van der Waals surface area (Å²) in [6.45, 7) is 4.47. The van der Waals surface area contributed by atoms with E-state index in [4.69, 9.17) is 4.74 Å². The zero-order chi connectivity index (χ0) is 24.2. The van der Waals surface area contributed by atoms with E-state index in [0.29, 0.717) is 34.9 Å². The highest BCUT2D eigenvalue weighted by atomic mass is 16.5. The SMILES string of the molecule is CCOc1ccccc1NC1=C(c2ccccc2)C(=O)N(c2ccc(N3CCCCC3)cc2)C1=O. The number of amides is 2. The van der Waals surface area contributed by atoms with Crippen molar-refractivity contribution in [3.63, 3.8) is 0 Å². The summed E-state index contributed by atoms with van der Waals surface area (Å²) in [4.78, 5) is 31.0. The number of nitrogens with zero attached hydrogens (tertiary/aromatic N) is 2. The molecule has 0 atom stereocenters. The number of imide groups is 1. The number of para-hydroxylation sites is 2. The lowest BCUT2D eigenvalue weighted by Crippen LogP contribution is -2.32. The van der Waals surface area contributed by atoms with Gasteiger partial charge in [-0.15, -0.1) is 0 Å². The summed E-state index contributed by atoms with van der Waals surface area (Å²) in [5.74, 6) is -0.103. The molecule has 1 N–H and O–H groups in total. The molecule has 0 spiro atoms. The smallest absolute Gasteiger partial charge is 0.282 e. The van der Waals surface area contributed by atoms with Crippen molar-refractivity contribution in [2.75, 3.05) is 34.8 Å². The van der Waals surface area contributed by atoms with Crippen LogP contribution >= 0.6 is 0 Å². The molecule has 1 saturated heterocycles. The van der Waals surface area contributed by atoms with E-state index in [0.717, 1.165) is 18.8 Å². The molecule has 5 rings (SSSR count). The van der Waals surface area contributed by atoms with E-state index in [-0.39, 0.29) is 17.5 Å². The van der Waals surface area contributed by atoms with Gasteiger partial charge >= 0.3 is 0 Å². The highest BCUT2D eigenvalue weighted by Crippen LogP contribution is 2.36. The highest BCUT2D eigenvalue weighted by Gasteiger charge is 2.40. The number of ether oxygens (including phenoxy) is 1. The van der Waals surface area contributed by atoms with Gasteiger partial charge < -0.3 is 15.0 Å². The Morgan fingerprint density at radius 2 is 1.43 bits per heavy atom. The molecule has 2 heterocycles. The van der Waals surface area contributed by atoms with E-state index in [1.807, 2.05) is 85.8 Å². The molecule has 6 heteroatoms. The molecule has 0 unspecified atom stereocenters. The molecule has 0 aromatic heterocycles. The zero-order valence-corrected chi connectivity index (χ0v) is 19.9. The van der Waals surface area contributed by atoms with Gasteiger partial charge in [0.1, 0.15) is 11.4 Å². The molecule has 3 aromatic carbocycles. The van der Waals surface area contributed by atoms with E-state index in [2.05, 4.69) is 10.2 Å². The number of carbonyl (C=O) groups is 2. The van der Waals surface area contributed by atoms with Crippen molar-refractivity contribution in [3.8, 4) is 5.75 Å². The van der Waals surface area contributed by atoms with Crippen LogP contribution in [0.2, 0.25) is 0 Å². The quantitative estimate of drug-likeness (QED) is 0.467. The average molecular weight is 468 g/mol. The van der Waals surface area contributed by atoms with Crippen molar-refractivity contribution in [3.05, 3.63) is 90.1 Å². The maximum atomic E-state index is 13.7. The number of nitrogens with one attached hydrogen (secondary N) is 1. The minimum absolute atomic E-state index is 0.244. The van der Waals surface area contributed by atoms with Gasteiger partial charge in [-0.05, 0) is 68.1 Å². The number of benzene rings is 3. The Hall–Kier alpha value is -4.06. The third-order valence-corrected chi connectivity index (χ3v) is 6.42. The summed E-state index contributed by atoms with van der Waals surface area (Å²) >= 11 is 0. The van der Waals surface area contributed by atoms with Gasteiger partial charge in [-0.3, -0.25) is 9.59 Å². The van der Waals surface area contributed by atoms with E-state index in [1.54, 1.807) is 0 Å². The lowest BCUT2D eigenvalue weighted by atomic mass is 10.0. The maximum absolute atomic E-state index is 13.7. The van der Waals surface area contributed by atoms with Crippen molar-refractivity contribution in [2.45, 2.75) is 26.2 Å². The third-order valence-electron chi connectivity index (χ3n) is 6.42. The van der Waals surface area contributed by atoms with Gasteiger partial charge in [-0.25, -0.2) is 4.90 Å². The second-order valence-corrected chi connectivity index (χ2v) is 8.68. The van der Waals surface area contributed by atoms with Gasteiger partial charge in [0.15, 0.2) is 0 Å². The van der Waals surface area contributed by atoms with Crippen molar-refractivity contribution in [1.82, 2.24) is 0 Å². The number of hydrogen-bond donors (Lipinski definition) is 1. The molecule has 2 aliphatic heterocycles. The minimum Gasteiger partial charge on any atom is -0.492 e. The molecule has 0 saturated carbocycles. The molecule has 1 fully saturated rings. The average Bonchev–Trinajstić information content (AvgIpc) is 3.15. The number of piperidine rings is 1. The summed E-state index contributed by atoms with van der Waals surface area (Å²) in [7, 11) is 0. The van der Waals surface area contributed by atoms with E-state index >= 15 is 0 Å². The Morgan fingerprint density at radius 1 is 0.771 bits per heavy atom. The van der Waals surface area contributed by atoms with E-state index < -0.39 is 0 Å². The van der Waals surface area contributed by atoms with Crippen LogP contribution in [0, 0.1) is 0 Å². The van der Waals surface area contributed by atoms with Crippen LogP contribution in [0.1, 0.15) is 31.7 Å². The van der Waals surface area contributed by atoms with Crippen LogP contribution in [0.15, 0.2) is 84.6 Å². The minimum atomic E-state index is -0.383. The predicted octanol–water partition coefficient (Wildman–Crippen LogP) is 5.47. The van der Waals surface area contributed by atoms with Crippen LogP contribution in [-0.2, 0) is 9.59 Å². The second-order valence-electron chi connectivity index (χ2n) is 8.68. The lowest BCUT2D eigenvalue weighted by molar-refractivity contribution is -0.120. The first-order valence-corrected chi connectivity index (χ1v) is 12.2. The van der Waals surface area contributed by atoms with Crippen molar-refractivity contribution in [2.24, 2.45) is 0 Å². The molecule has 0 bridgehead atoms. The number of carbonyl (C=O) groups excluding carboxylic acids is 2. The Labute approximate surface area is 205 Å². The molecule has 2 amide bonds. The summed E-state index contributed by atoms with van der Waals surface area (Å²) in [6, 6.07) is 24.5. The van der Waals surface area contributed by atoms with Crippen LogP contribution in [0.5, 0.6) is 5.75 Å². The van der Waals surface area contributed by atoms with Crippen LogP contribution < -0.4 is 19.9 Å². The topological polar surface area (TPSA) is 61.9 Å². The molecular weight excluding hydrogens is 438 g/mol. The first-order chi connectivity index (χ1) is 17.2. The van der Waals surface area contributed by atoms with E-state index in [1.165, 1.54) is 24.2 Å². The molecule has 0 radical (unpaired) electrons. The van der Waals surface area contributed by atoms with Crippen molar-refractivity contribution < 1.29 is 14.3 Å². The standard InChI is InChI=1S/C29H29N3O3/c1-2-35-25-14-8-7-13-24(25)30-27-26(21-11-5-3-6-12-21)28(33)32(29(27)34)23-17-15-22(16-18-23)31-19-9-4-10-20-31/h3,5-8,11-18,30H,2,4,9-10,19-20H2,1H3. The van der Waals surface area contributed by atoms with Gasteiger partial charge in [-0.1, -0.05) is 42.5 Å². The van der Waals surface area contributed by atoms with Gasteiger partial charge in [0.2, 0.25) is 0 Å². The van der Waals surface area contributed by atoms with Gasteiger partial charge in [0.25, 0.3) is 11.8 Å². The molecule has 6 nitrogen and oxygen atoms in total. The fourth-order valence-corrected chi connectivity index (χ4v) is 4.70. The summed E-state index contributed by atoms with van der Waals surface area (Å²) in [6.07, 6.45) is 3.64. The lowest BCUT2D eigenvalue weighted by Gasteiger charge is -2.29. The second kappa shape index (κ2) is 10.1. The van der Waals surface area contributed by atoms with Gasteiger partial charge in [0.05, 0.1) is 23.6 Å². The molecule has 3 aromatic rings. The van der Waals surface area contributed by atoms with Crippen LogP contribution in [0.3, 0.4) is 0 Å². The predicted molar refractivity (Wildman–Crippen MR) is 140 cm³/mol. The van der Waals surface area contributed by atoms with Crippen molar-refractivity contribution in [1.29, 1.82) is 0 Å². The summed E-state index contributed by atoms with van der Waals surface area (Å²) < 4.78 is 5.73. The fourth-order valence-electron chi connectivity index (χ4n) is 4.70. The normalized spacial score (nSPS) is 16.1. The largest absolute Gasteiger partial charge is 0.492 e. The van der Waals surface area contributed by atoms with Gasteiger partial charge in [-0.2, -0.15) is 0 Å². The Morgan fingerprint density at radius 3 is 2.14 bits per heavy atom. The number of hydrogen-bond acceptors (Lipinski definition) is 5. The van der Waals surface area contributed by atoms with E-state index in [9.17, 15) is 9.59 Å². The fraction of sp³-hybridized carbons (Fsp3) is 0.241. The third kappa shape index (κ3) is 4.52. The monoisotopic (exact) mass is 467 g/mol. The molecule has 0 aliphatic carbocycles. The molecule has 35 heavy (non-hydrogen) atoms. The van der Waals surface area contributed by atoms with Gasteiger partial charge in [0, 0.05) is 18.8 Å². The Bertz CT molecular complexity index is 1250. The molecule has 2 aliphatic rings. The Balaban J connectivity index is 1.50. The van der Waals surface area contributed by atoms with Crippen LogP contribution in [0.4, 0.5) is 17.1 Å². The maximum Gasteiger partial charge on any atom is 0.282 e.